The summed E-state index contributed by atoms with van der Waals surface area (Å²) in [5.41, 5.74) is 4.36. The monoisotopic (exact) mass is 308 g/mol. The minimum absolute atomic E-state index is 1.03. The zero-order chi connectivity index (χ0) is 15.3. The molecule has 110 valence electrons. The van der Waals surface area contributed by atoms with E-state index in [1.165, 1.54) is 0 Å². The fourth-order valence-electron chi connectivity index (χ4n) is 3.13. The summed E-state index contributed by atoms with van der Waals surface area (Å²) in [5, 5.41) is 2.32. The topological polar surface area (TPSA) is 26.9 Å². The van der Waals surface area contributed by atoms with Crippen molar-refractivity contribution in [1.82, 2.24) is 8.68 Å². The number of benzene rings is 2. The predicted molar refractivity (Wildman–Crippen MR) is 93.1 cm³/mol. The largest absolute Gasteiger partial charge is 0.283 e. The van der Waals surface area contributed by atoms with Gasteiger partial charge in [-0.1, -0.05) is 36.4 Å². The van der Waals surface area contributed by atoms with Crippen molar-refractivity contribution < 1.29 is 4.57 Å². The van der Waals surface area contributed by atoms with Crippen LogP contribution in [0.2, 0.25) is 0 Å². The molecular weight excluding hydrogens is 291 g/mol. The van der Waals surface area contributed by atoms with Crippen molar-refractivity contribution in [2.24, 2.45) is 0 Å². The van der Waals surface area contributed by atoms with E-state index in [2.05, 4.69) is 26.0 Å². The predicted octanol–water partition coefficient (Wildman–Crippen LogP) is 5.00. The molecule has 0 N–H and O–H groups in total. The number of aromatic nitrogens is 2. The first-order valence-corrected chi connectivity index (χ1v) is 8.65. The van der Waals surface area contributed by atoms with E-state index in [4.69, 9.17) is 0 Å². The van der Waals surface area contributed by atoms with Crippen molar-refractivity contribution in [3.63, 3.8) is 0 Å². The summed E-state index contributed by atoms with van der Waals surface area (Å²) in [4.78, 5) is 0. The van der Waals surface area contributed by atoms with E-state index in [0.29, 0.717) is 0 Å². The number of para-hydroxylation sites is 2. The summed E-state index contributed by atoms with van der Waals surface area (Å²) in [5.74, 6) is 0. The fraction of sp³-hybridized carbons (Fsp3) is 0.111. The Bertz CT molecular complexity index is 944. The van der Waals surface area contributed by atoms with Gasteiger partial charge < -0.3 is 0 Å². The molecule has 2 aromatic carbocycles. The molecule has 2 heterocycles. The number of hydrogen-bond acceptors (Lipinski definition) is 1. The molecule has 0 aliphatic heterocycles. The van der Waals surface area contributed by atoms with Crippen LogP contribution in [0.5, 0.6) is 0 Å². The third-order valence-corrected chi connectivity index (χ3v) is 5.80. The van der Waals surface area contributed by atoms with Gasteiger partial charge in [-0.05, 0) is 37.1 Å². The molecule has 22 heavy (non-hydrogen) atoms. The molecule has 0 spiro atoms. The second kappa shape index (κ2) is 4.89. The molecule has 0 unspecified atom stereocenters. The molecule has 0 aliphatic carbocycles. The van der Waals surface area contributed by atoms with Crippen LogP contribution in [0.15, 0.2) is 60.9 Å². The zero-order valence-corrected chi connectivity index (χ0v) is 13.6. The van der Waals surface area contributed by atoms with Gasteiger partial charge in [0.25, 0.3) is 8.10 Å². The molecule has 0 saturated carbocycles. The number of rotatable bonds is 2. The minimum Gasteiger partial charge on any atom is -0.283 e. The molecular formula is C18H17N2OP. The van der Waals surface area contributed by atoms with Crippen molar-refractivity contribution in [1.29, 1.82) is 0 Å². The van der Waals surface area contributed by atoms with Gasteiger partial charge in [0.2, 0.25) is 0 Å². The van der Waals surface area contributed by atoms with Gasteiger partial charge in [-0.15, -0.1) is 0 Å². The van der Waals surface area contributed by atoms with E-state index in [-0.39, 0.29) is 0 Å². The van der Waals surface area contributed by atoms with E-state index < -0.39 is 8.10 Å². The highest BCUT2D eigenvalue weighted by molar-refractivity contribution is 7.41. The average Bonchev–Trinajstić information content (AvgIpc) is 3.06. The molecule has 0 fully saturated rings. The summed E-state index contributed by atoms with van der Waals surface area (Å²) < 4.78 is 17.0. The Labute approximate surface area is 129 Å². The Hall–Kier alpha value is -2.25. The van der Waals surface area contributed by atoms with E-state index in [1.54, 1.807) is 0 Å². The van der Waals surface area contributed by atoms with Crippen LogP contribution in [-0.2, 0) is 4.57 Å². The van der Waals surface area contributed by atoms with Gasteiger partial charge in [-0.2, -0.15) is 0 Å². The van der Waals surface area contributed by atoms with Gasteiger partial charge in [0.05, 0.1) is 11.0 Å². The summed E-state index contributed by atoms with van der Waals surface area (Å²) in [7, 11) is -2.17. The first kappa shape index (κ1) is 13.4. The molecule has 0 radical (unpaired) electrons. The molecule has 4 heteroatoms. The summed E-state index contributed by atoms with van der Waals surface area (Å²) in [6.45, 7) is 4.12. The SMILES string of the molecule is Cc1cn([PH](=O)n2cc(C)c3ccccc32)c2ccccc12. The zero-order valence-electron chi connectivity index (χ0n) is 12.6. The van der Waals surface area contributed by atoms with E-state index in [0.717, 1.165) is 32.9 Å². The van der Waals surface area contributed by atoms with Crippen molar-refractivity contribution >= 4 is 29.9 Å². The highest BCUT2D eigenvalue weighted by Gasteiger charge is 2.14. The number of fused-ring (bicyclic) bond motifs is 2. The van der Waals surface area contributed by atoms with Crippen molar-refractivity contribution in [3.8, 4) is 0 Å². The average molecular weight is 308 g/mol. The van der Waals surface area contributed by atoms with Crippen LogP contribution in [0.4, 0.5) is 0 Å². The van der Waals surface area contributed by atoms with Crippen LogP contribution < -0.4 is 0 Å². The smallest absolute Gasteiger partial charge is 0.259 e. The highest BCUT2D eigenvalue weighted by Crippen LogP contribution is 2.37. The molecule has 0 bridgehead atoms. The standard InChI is InChI=1S/C18H17N2OP/c1-13-11-19(17-9-5-3-7-15(13)17)22(21)20-12-14(2)16-8-4-6-10-18(16)20/h3-12,22H,1-2H3. The first-order chi connectivity index (χ1) is 10.7. The van der Waals surface area contributed by atoms with Crippen LogP contribution in [0.25, 0.3) is 21.8 Å². The Balaban J connectivity index is 1.97. The Morgan fingerprint density at radius 1 is 0.727 bits per heavy atom. The van der Waals surface area contributed by atoms with E-state index in [1.807, 2.05) is 57.5 Å². The van der Waals surface area contributed by atoms with Crippen molar-refractivity contribution in [3.05, 3.63) is 72.1 Å². The van der Waals surface area contributed by atoms with Crippen LogP contribution in [0.3, 0.4) is 0 Å². The van der Waals surface area contributed by atoms with Crippen molar-refractivity contribution in [2.75, 3.05) is 0 Å². The van der Waals surface area contributed by atoms with Crippen LogP contribution >= 0.6 is 8.10 Å². The highest BCUT2D eigenvalue weighted by atomic mass is 31.1. The maximum atomic E-state index is 13.2. The molecule has 4 aromatic rings. The lowest BCUT2D eigenvalue weighted by molar-refractivity contribution is 0.579. The Morgan fingerprint density at radius 3 is 1.59 bits per heavy atom. The van der Waals surface area contributed by atoms with E-state index >= 15 is 0 Å². The summed E-state index contributed by atoms with van der Waals surface area (Å²) >= 11 is 0. The second-order valence-electron chi connectivity index (χ2n) is 5.68. The summed E-state index contributed by atoms with van der Waals surface area (Å²) in [6, 6.07) is 16.2. The van der Waals surface area contributed by atoms with Gasteiger partial charge in [0.15, 0.2) is 0 Å². The molecule has 0 amide bonds. The lowest BCUT2D eigenvalue weighted by Gasteiger charge is -2.08. The number of aryl methyl sites for hydroxylation is 2. The minimum atomic E-state index is -2.17. The number of hydrogen-bond donors (Lipinski definition) is 0. The maximum absolute atomic E-state index is 13.2. The summed E-state index contributed by atoms with van der Waals surface area (Å²) in [6.07, 6.45) is 3.99. The fourth-order valence-corrected chi connectivity index (χ4v) is 4.77. The van der Waals surface area contributed by atoms with Gasteiger partial charge in [-0.25, -0.2) is 0 Å². The first-order valence-electron chi connectivity index (χ1n) is 7.35. The molecule has 0 atom stereocenters. The molecule has 4 rings (SSSR count). The normalized spacial score (nSPS) is 11.8. The van der Waals surface area contributed by atoms with Gasteiger partial charge in [-0.3, -0.25) is 13.2 Å². The molecule has 3 nitrogen and oxygen atoms in total. The van der Waals surface area contributed by atoms with Crippen LogP contribution in [0, 0.1) is 13.8 Å². The van der Waals surface area contributed by atoms with Gasteiger partial charge in [0, 0.05) is 23.2 Å². The third kappa shape index (κ3) is 1.86. The Kier molecular flexibility index (Phi) is 2.98. The van der Waals surface area contributed by atoms with Crippen LogP contribution in [0.1, 0.15) is 11.1 Å². The van der Waals surface area contributed by atoms with Crippen molar-refractivity contribution in [2.45, 2.75) is 13.8 Å². The lowest BCUT2D eigenvalue weighted by Crippen LogP contribution is -1.92. The molecule has 0 aliphatic rings. The lowest BCUT2D eigenvalue weighted by atomic mass is 10.2. The number of nitrogens with zero attached hydrogens (tertiary/aromatic N) is 2. The molecule has 2 aromatic heterocycles. The quantitative estimate of drug-likeness (QED) is 0.479. The third-order valence-electron chi connectivity index (χ3n) is 4.23. The van der Waals surface area contributed by atoms with E-state index in [9.17, 15) is 4.57 Å². The van der Waals surface area contributed by atoms with Gasteiger partial charge in [0.1, 0.15) is 0 Å². The van der Waals surface area contributed by atoms with Gasteiger partial charge >= 0.3 is 0 Å². The Morgan fingerprint density at radius 2 is 1.14 bits per heavy atom. The maximum Gasteiger partial charge on any atom is 0.259 e. The van der Waals surface area contributed by atoms with Crippen LogP contribution in [-0.4, -0.2) is 8.68 Å². The second-order valence-corrected chi connectivity index (χ2v) is 7.21. The molecule has 0 saturated heterocycles.